The molecule has 8 heteroatoms. The largest absolute Gasteiger partial charge is 0.377 e. The predicted molar refractivity (Wildman–Crippen MR) is 108 cm³/mol. The van der Waals surface area contributed by atoms with Crippen molar-refractivity contribution in [3.05, 3.63) is 29.8 Å². The highest BCUT2D eigenvalue weighted by atomic mass is 32.2. The standard InChI is InChI=1S/C19H28N2O4S2/c1-27(23,24)20-12-15-6-4-10-21(13-15)19(22)17-8-2-3-9-18(17)26-14-16-7-5-11-25-16/h2-3,8-9,15-16,20H,4-7,10-14H2,1H3/t15-,16-/m1/s1. The van der Waals surface area contributed by atoms with E-state index in [0.717, 1.165) is 55.0 Å². The van der Waals surface area contributed by atoms with E-state index in [2.05, 4.69) is 4.72 Å². The Morgan fingerprint density at radius 2 is 2.11 bits per heavy atom. The summed E-state index contributed by atoms with van der Waals surface area (Å²) in [6.45, 7) is 2.53. The van der Waals surface area contributed by atoms with Crippen LogP contribution in [-0.2, 0) is 14.8 Å². The summed E-state index contributed by atoms with van der Waals surface area (Å²) in [6.07, 6.45) is 5.47. The highest BCUT2D eigenvalue weighted by Crippen LogP contribution is 2.28. The van der Waals surface area contributed by atoms with Gasteiger partial charge >= 0.3 is 0 Å². The maximum atomic E-state index is 13.1. The number of nitrogens with zero attached hydrogens (tertiary/aromatic N) is 1. The topological polar surface area (TPSA) is 75.7 Å². The van der Waals surface area contributed by atoms with Crippen LogP contribution in [0.25, 0.3) is 0 Å². The molecule has 0 radical (unpaired) electrons. The molecular weight excluding hydrogens is 384 g/mol. The number of ether oxygens (including phenoxy) is 1. The molecule has 3 rings (SSSR count). The minimum Gasteiger partial charge on any atom is -0.377 e. The first-order valence-electron chi connectivity index (χ1n) is 9.50. The molecular formula is C19H28N2O4S2. The minimum absolute atomic E-state index is 0.0366. The van der Waals surface area contributed by atoms with E-state index in [1.54, 1.807) is 11.8 Å². The zero-order chi connectivity index (χ0) is 19.3. The lowest BCUT2D eigenvalue weighted by molar-refractivity contribution is 0.0673. The minimum atomic E-state index is -3.20. The van der Waals surface area contributed by atoms with Gasteiger partial charge in [0.25, 0.3) is 5.91 Å². The number of sulfonamides is 1. The molecule has 2 aliphatic rings. The van der Waals surface area contributed by atoms with Gasteiger partial charge in [0.05, 0.1) is 17.9 Å². The summed E-state index contributed by atoms with van der Waals surface area (Å²) in [7, 11) is -3.20. The molecule has 2 fully saturated rings. The van der Waals surface area contributed by atoms with E-state index in [-0.39, 0.29) is 17.9 Å². The maximum Gasteiger partial charge on any atom is 0.254 e. The zero-order valence-corrected chi connectivity index (χ0v) is 17.4. The van der Waals surface area contributed by atoms with Gasteiger partial charge in [-0.05, 0) is 43.7 Å². The predicted octanol–water partition coefficient (Wildman–Crippen LogP) is 2.36. The first-order chi connectivity index (χ1) is 12.9. The molecule has 0 bridgehead atoms. The third-order valence-corrected chi connectivity index (χ3v) is 6.90. The summed E-state index contributed by atoms with van der Waals surface area (Å²) in [4.78, 5) is 16.0. The lowest BCUT2D eigenvalue weighted by atomic mass is 9.97. The molecule has 0 saturated carbocycles. The zero-order valence-electron chi connectivity index (χ0n) is 15.7. The highest BCUT2D eigenvalue weighted by molar-refractivity contribution is 7.99. The van der Waals surface area contributed by atoms with Crippen molar-refractivity contribution in [2.75, 3.05) is 38.2 Å². The Hall–Kier alpha value is -1.09. The van der Waals surface area contributed by atoms with Crippen molar-refractivity contribution in [2.45, 2.75) is 36.7 Å². The van der Waals surface area contributed by atoms with Crippen LogP contribution in [0.3, 0.4) is 0 Å². The van der Waals surface area contributed by atoms with Gasteiger partial charge in [0.1, 0.15) is 0 Å². The summed E-state index contributed by atoms with van der Waals surface area (Å²) in [6, 6.07) is 7.75. The smallest absolute Gasteiger partial charge is 0.254 e. The van der Waals surface area contributed by atoms with Crippen LogP contribution in [0.1, 0.15) is 36.0 Å². The summed E-state index contributed by atoms with van der Waals surface area (Å²) >= 11 is 1.69. The van der Waals surface area contributed by atoms with E-state index < -0.39 is 10.0 Å². The molecule has 1 N–H and O–H groups in total. The van der Waals surface area contributed by atoms with Gasteiger partial charge in [-0.1, -0.05) is 12.1 Å². The fourth-order valence-electron chi connectivity index (χ4n) is 3.58. The lowest BCUT2D eigenvalue weighted by Gasteiger charge is -2.33. The number of benzene rings is 1. The first kappa shape index (κ1) is 20.6. The van der Waals surface area contributed by atoms with Gasteiger partial charge in [0.15, 0.2) is 0 Å². The molecule has 27 heavy (non-hydrogen) atoms. The maximum absolute atomic E-state index is 13.1. The van der Waals surface area contributed by atoms with Crippen molar-refractivity contribution >= 4 is 27.7 Å². The second-order valence-corrected chi connectivity index (χ2v) is 10.2. The van der Waals surface area contributed by atoms with Crippen LogP contribution in [0, 0.1) is 5.92 Å². The van der Waals surface area contributed by atoms with Crippen LogP contribution in [0.15, 0.2) is 29.2 Å². The molecule has 2 atom stereocenters. The van der Waals surface area contributed by atoms with Gasteiger partial charge in [-0.25, -0.2) is 13.1 Å². The van der Waals surface area contributed by atoms with Crippen LogP contribution >= 0.6 is 11.8 Å². The second-order valence-electron chi connectivity index (χ2n) is 7.32. The summed E-state index contributed by atoms with van der Waals surface area (Å²) in [5, 5.41) is 0. The SMILES string of the molecule is CS(=O)(=O)NC[C@H]1CCCN(C(=O)c2ccccc2SC[C@H]2CCCO2)C1. The van der Waals surface area contributed by atoms with E-state index in [1.165, 1.54) is 6.26 Å². The number of thioether (sulfide) groups is 1. The number of nitrogens with one attached hydrogen (secondary N) is 1. The molecule has 6 nitrogen and oxygen atoms in total. The van der Waals surface area contributed by atoms with E-state index >= 15 is 0 Å². The molecule has 1 amide bonds. The van der Waals surface area contributed by atoms with Crippen molar-refractivity contribution < 1.29 is 17.9 Å². The molecule has 0 unspecified atom stereocenters. The molecule has 0 aromatic heterocycles. The van der Waals surface area contributed by atoms with E-state index in [4.69, 9.17) is 4.74 Å². The summed E-state index contributed by atoms with van der Waals surface area (Å²) in [5.41, 5.74) is 0.734. The van der Waals surface area contributed by atoms with Crippen LogP contribution in [0.5, 0.6) is 0 Å². The molecule has 150 valence electrons. The Bertz CT molecular complexity index is 748. The second kappa shape index (κ2) is 9.41. The number of piperidine rings is 1. The number of hydrogen-bond acceptors (Lipinski definition) is 5. The Labute approximate surface area is 166 Å². The average Bonchev–Trinajstić information content (AvgIpc) is 3.18. The van der Waals surface area contributed by atoms with Crippen LogP contribution in [0.2, 0.25) is 0 Å². The normalized spacial score (nSPS) is 23.5. The van der Waals surface area contributed by atoms with Crippen molar-refractivity contribution in [2.24, 2.45) is 5.92 Å². The van der Waals surface area contributed by atoms with Gasteiger partial charge < -0.3 is 9.64 Å². The molecule has 2 saturated heterocycles. The third kappa shape index (κ3) is 6.20. The van der Waals surface area contributed by atoms with Crippen LogP contribution in [0.4, 0.5) is 0 Å². The number of carbonyl (C=O) groups excluding carboxylic acids is 1. The quantitative estimate of drug-likeness (QED) is 0.696. The molecule has 2 aliphatic heterocycles. The van der Waals surface area contributed by atoms with Gasteiger partial charge in [-0.3, -0.25) is 4.79 Å². The van der Waals surface area contributed by atoms with Gasteiger partial charge in [0.2, 0.25) is 10.0 Å². The van der Waals surface area contributed by atoms with Crippen LogP contribution < -0.4 is 4.72 Å². The van der Waals surface area contributed by atoms with E-state index in [1.807, 2.05) is 29.2 Å². The van der Waals surface area contributed by atoms with E-state index in [0.29, 0.717) is 13.1 Å². The monoisotopic (exact) mass is 412 g/mol. The molecule has 1 aromatic carbocycles. The van der Waals surface area contributed by atoms with Crippen molar-refractivity contribution in [1.29, 1.82) is 0 Å². The molecule has 0 spiro atoms. The summed E-state index contributed by atoms with van der Waals surface area (Å²) < 4.78 is 30.9. The first-order valence-corrected chi connectivity index (χ1v) is 12.4. The molecule has 1 aromatic rings. The van der Waals surface area contributed by atoms with Gasteiger partial charge in [-0.15, -0.1) is 11.8 Å². The Kier molecular flexibility index (Phi) is 7.19. The number of rotatable bonds is 7. The number of carbonyl (C=O) groups is 1. The molecule has 2 heterocycles. The molecule has 0 aliphatic carbocycles. The van der Waals surface area contributed by atoms with Crippen molar-refractivity contribution in [3.63, 3.8) is 0 Å². The highest BCUT2D eigenvalue weighted by Gasteiger charge is 2.26. The lowest BCUT2D eigenvalue weighted by Crippen LogP contribution is -2.43. The number of hydrogen-bond donors (Lipinski definition) is 1. The fraction of sp³-hybridized carbons (Fsp3) is 0.632. The van der Waals surface area contributed by atoms with Gasteiger partial charge in [-0.2, -0.15) is 0 Å². The Morgan fingerprint density at radius 1 is 1.30 bits per heavy atom. The van der Waals surface area contributed by atoms with Gasteiger partial charge in [0, 0.05) is 36.9 Å². The Morgan fingerprint density at radius 3 is 2.85 bits per heavy atom. The average molecular weight is 413 g/mol. The van der Waals surface area contributed by atoms with Crippen LogP contribution in [-0.4, -0.2) is 63.6 Å². The van der Waals surface area contributed by atoms with E-state index in [9.17, 15) is 13.2 Å². The number of likely N-dealkylation sites (tertiary alicyclic amines) is 1. The fourth-order valence-corrected chi connectivity index (χ4v) is 5.24. The van der Waals surface area contributed by atoms with Crippen molar-refractivity contribution in [3.8, 4) is 0 Å². The number of amides is 1. The summed E-state index contributed by atoms with van der Waals surface area (Å²) in [5.74, 6) is 1.06. The Balaban J connectivity index is 1.62. The third-order valence-electron chi connectivity index (χ3n) is 5.01. The van der Waals surface area contributed by atoms with Crippen molar-refractivity contribution in [1.82, 2.24) is 9.62 Å².